The van der Waals surface area contributed by atoms with E-state index in [4.69, 9.17) is 15.2 Å². The predicted molar refractivity (Wildman–Crippen MR) is 135 cm³/mol. The van der Waals surface area contributed by atoms with Crippen molar-refractivity contribution in [3.05, 3.63) is 78.0 Å². The van der Waals surface area contributed by atoms with Crippen LogP contribution in [0.3, 0.4) is 0 Å². The van der Waals surface area contributed by atoms with Crippen molar-refractivity contribution in [2.24, 2.45) is 10.7 Å². The molecular formula is C27H28F3N5O2. The fraction of sp³-hybridized carbons (Fsp3) is 0.333. The molecule has 10 heteroatoms. The van der Waals surface area contributed by atoms with Gasteiger partial charge in [-0.1, -0.05) is 43.0 Å². The summed E-state index contributed by atoms with van der Waals surface area (Å²) >= 11 is 0. The van der Waals surface area contributed by atoms with Gasteiger partial charge in [0.1, 0.15) is 5.75 Å². The lowest BCUT2D eigenvalue weighted by molar-refractivity contribution is -0.382. The Morgan fingerprint density at radius 2 is 1.95 bits per heavy atom. The van der Waals surface area contributed by atoms with E-state index in [1.807, 2.05) is 42.5 Å². The summed E-state index contributed by atoms with van der Waals surface area (Å²) < 4.78 is 56.1. The van der Waals surface area contributed by atoms with E-state index in [-0.39, 0.29) is 18.0 Å². The normalized spacial score (nSPS) is 23.2. The van der Waals surface area contributed by atoms with E-state index in [2.05, 4.69) is 22.0 Å². The molecule has 0 spiro atoms. The lowest BCUT2D eigenvalue weighted by Gasteiger charge is -2.55. The second-order valence-corrected chi connectivity index (χ2v) is 9.61. The van der Waals surface area contributed by atoms with Crippen LogP contribution in [0.15, 0.2) is 66.3 Å². The maximum Gasteiger partial charge on any atom is 0.419 e. The molecule has 3 heterocycles. The Hall–Kier alpha value is -3.79. The number of benzene rings is 2. The van der Waals surface area contributed by atoms with Crippen LogP contribution in [0.1, 0.15) is 37.0 Å². The maximum atomic E-state index is 14.3. The number of para-hydroxylation sites is 2. The highest BCUT2D eigenvalue weighted by atomic mass is 19.4. The van der Waals surface area contributed by atoms with Gasteiger partial charge in [0.2, 0.25) is 0 Å². The molecule has 7 nitrogen and oxygen atoms in total. The first-order chi connectivity index (χ1) is 17.5. The Kier molecular flexibility index (Phi) is 6.02. The van der Waals surface area contributed by atoms with Crippen LogP contribution in [0.4, 0.5) is 19.0 Å². The van der Waals surface area contributed by atoms with Crippen LogP contribution in [0, 0.1) is 0 Å². The van der Waals surface area contributed by atoms with E-state index < -0.39 is 23.9 Å². The van der Waals surface area contributed by atoms with Gasteiger partial charge in [-0.15, -0.1) is 0 Å². The van der Waals surface area contributed by atoms with E-state index in [0.29, 0.717) is 29.3 Å². The number of nitrogens with two attached hydrogens (primary N) is 1. The van der Waals surface area contributed by atoms with Gasteiger partial charge in [0.15, 0.2) is 11.4 Å². The number of alkyl halides is 3. The maximum absolute atomic E-state index is 14.3. The monoisotopic (exact) mass is 511 g/mol. The molecule has 0 bridgehead atoms. The number of nitrogens with one attached hydrogen (secondary N) is 1. The van der Waals surface area contributed by atoms with Crippen LogP contribution in [0.5, 0.6) is 5.75 Å². The molecule has 3 N–H and O–H groups in total. The van der Waals surface area contributed by atoms with Gasteiger partial charge < -0.3 is 20.5 Å². The van der Waals surface area contributed by atoms with Gasteiger partial charge in [0.25, 0.3) is 0 Å². The Bertz CT molecular complexity index is 1350. The summed E-state index contributed by atoms with van der Waals surface area (Å²) in [5.74, 6) is 1.27. The minimum absolute atomic E-state index is 0.229. The van der Waals surface area contributed by atoms with Gasteiger partial charge in [0.05, 0.1) is 42.0 Å². The minimum Gasteiger partial charge on any atom is -0.493 e. The third kappa shape index (κ3) is 4.35. The van der Waals surface area contributed by atoms with Crippen LogP contribution < -0.4 is 15.8 Å². The summed E-state index contributed by atoms with van der Waals surface area (Å²) in [6.07, 6.45) is -2.64. The minimum atomic E-state index is -4.61. The Labute approximate surface area is 212 Å². The van der Waals surface area contributed by atoms with Gasteiger partial charge in [-0.3, -0.25) is 0 Å². The number of fused-ring (bicyclic) bond motifs is 1. The molecule has 5 rings (SSSR count). The zero-order chi connectivity index (χ0) is 26.4. The Balaban J connectivity index is 1.39. The number of halogens is 3. The fourth-order valence-corrected chi connectivity index (χ4v) is 5.04. The quantitative estimate of drug-likeness (QED) is 0.344. The topological polar surface area (TPSA) is 86.7 Å². The van der Waals surface area contributed by atoms with E-state index in [9.17, 15) is 13.2 Å². The molecule has 1 saturated heterocycles. The van der Waals surface area contributed by atoms with Crippen LogP contribution in [0.25, 0.3) is 11.4 Å². The SMILES string of the molecule is C=C(NCC1(C(F)(F)F)CC(C)(c2cccc3c2OCC3)O1)c1cnn(-c2ccccc2)c1/N=C(/C)N. The molecule has 194 valence electrons. The van der Waals surface area contributed by atoms with E-state index in [1.165, 1.54) is 6.20 Å². The van der Waals surface area contributed by atoms with Crippen molar-refractivity contribution in [2.75, 3.05) is 13.2 Å². The first kappa shape index (κ1) is 24.9. The number of aliphatic imine (C=N–C) groups is 1. The van der Waals surface area contributed by atoms with E-state index in [1.54, 1.807) is 24.6 Å². The van der Waals surface area contributed by atoms with Crippen molar-refractivity contribution in [3.8, 4) is 11.4 Å². The second kappa shape index (κ2) is 8.95. The fourth-order valence-electron chi connectivity index (χ4n) is 5.04. The zero-order valence-corrected chi connectivity index (χ0v) is 20.6. The summed E-state index contributed by atoms with van der Waals surface area (Å²) in [6, 6.07) is 14.8. The molecule has 0 saturated carbocycles. The van der Waals surface area contributed by atoms with Crippen molar-refractivity contribution >= 4 is 17.4 Å². The number of hydrogen-bond acceptors (Lipinski definition) is 5. The molecule has 1 fully saturated rings. The summed E-state index contributed by atoms with van der Waals surface area (Å²) in [5.41, 5.74) is 5.32. The Morgan fingerprint density at radius 3 is 2.62 bits per heavy atom. The molecule has 2 atom stereocenters. The van der Waals surface area contributed by atoms with E-state index >= 15 is 0 Å². The lowest BCUT2D eigenvalue weighted by Crippen LogP contribution is -2.68. The first-order valence-corrected chi connectivity index (χ1v) is 11.9. The van der Waals surface area contributed by atoms with Gasteiger partial charge in [-0.05, 0) is 31.5 Å². The third-order valence-corrected chi connectivity index (χ3v) is 6.78. The molecule has 37 heavy (non-hydrogen) atoms. The number of rotatable bonds is 7. The number of ether oxygens (including phenoxy) is 2. The zero-order valence-electron chi connectivity index (χ0n) is 20.6. The molecule has 0 amide bonds. The second-order valence-electron chi connectivity index (χ2n) is 9.61. The lowest BCUT2D eigenvalue weighted by atomic mass is 9.74. The first-order valence-electron chi connectivity index (χ1n) is 11.9. The molecule has 2 aromatic carbocycles. The number of aromatic nitrogens is 2. The summed E-state index contributed by atoms with van der Waals surface area (Å²) in [4.78, 5) is 4.37. The third-order valence-electron chi connectivity index (χ3n) is 6.78. The number of hydrogen-bond donors (Lipinski definition) is 2. The largest absolute Gasteiger partial charge is 0.493 e. The van der Waals surface area contributed by atoms with Gasteiger partial charge >= 0.3 is 6.18 Å². The predicted octanol–water partition coefficient (Wildman–Crippen LogP) is 5.01. The molecule has 1 aromatic heterocycles. The Morgan fingerprint density at radius 1 is 1.22 bits per heavy atom. The van der Waals surface area contributed by atoms with Crippen molar-refractivity contribution in [3.63, 3.8) is 0 Å². The van der Waals surface area contributed by atoms with Gasteiger partial charge in [-0.25, -0.2) is 9.67 Å². The highest BCUT2D eigenvalue weighted by molar-refractivity contribution is 5.83. The molecular weight excluding hydrogens is 483 g/mol. The highest BCUT2D eigenvalue weighted by Crippen LogP contribution is 2.57. The summed E-state index contributed by atoms with van der Waals surface area (Å²) in [7, 11) is 0. The average Bonchev–Trinajstić information content (AvgIpc) is 3.47. The van der Waals surface area contributed by atoms with Gasteiger partial charge in [-0.2, -0.15) is 18.3 Å². The average molecular weight is 512 g/mol. The molecule has 2 aliphatic heterocycles. The van der Waals surface area contributed by atoms with Crippen molar-refractivity contribution in [1.29, 1.82) is 0 Å². The van der Waals surface area contributed by atoms with Gasteiger partial charge in [0, 0.05) is 24.1 Å². The number of amidine groups is 1. The van der Waals surface area contributed by atoms with Crippen LogP contribution in [0.2, 0.25) is 0 Å². The van der Waals surface area contributed by atoms with Crippen molar-refractivity contribution < 1.29 is 22.6 Å². The summed E-state index contributed by atoms with van der Waals surface area (Å²) in [6.45, 7) is 7.24. The smallest absolute Gasteiger partial charge is 0.419 e. The van der Waals surface area contributed by atoms with Crippen molar-refractivity contribution in [1.82, 2.24) is 15.1 Å². The van der Waals surface area contributed by atoms with Crippen molar-refractivity contribution in [2.45, 2.75) is 44.1 Å². The van der Waals surface area contributed by atoms with Crippen LogP contribution in [-0.2, 0) is 16.8 Å². The van der Waals surface area contributed by atoms with E-state index in [0.717, 1.165) is 17.7 Å². The van der Waals surface area contributed by atoms with Crippen LogP contribution in [-0.4, -0.2) is 40.5 Å². The molecule has 0 aliphatic carbocycles. The van der Waals surface area contributed by atoms with Crippen LogP contribution >= 0.6 is 0 Å². The highest BCUT2D eigenvalue weighted by Gasteiger charge is 2.68. The summed E-state index contributed by atoms with van der Waals surface area (Å²) in [5, 5.41) is 7.20. The molecule has 2 aliphatic rings. The standard InChI is InChI=1S/C27H28F3N5O2/c1-17(21-14-33-35(24(21)34-18(2)31)20-9-5-4-6-10-20)32-16-26(27(28,29)30)15-25(3,37-26)22-11-7-8-19-12-13-36-23(19)22/h4-11,14,32H,1,12-13,15-16H2,2-3H3,(H2,31,34). The molecule has 3 aromatic rings. The molecule has 0 radical (unpaired) electrons. The number of nitrogens with zero attached hydrogens (tertiary/aromatic N) is 3. The molecule has 2 unspecified atom stereocenters.